The summed E-state index contributed by atoms with van der Waals surface area (Å²) in [6, 6.07) is 9.20. The van der Waals surface area contributed by atoms with Crippen molar-refractivity contribution in [1.29, 1.82) is 0 Å². The molecular weight excluding hydrogens is 338 g/mol. The van der Waals surface area contributed by atoms with Gasteiger partial charge >= 0.3 is 11.8 Å². The molecule has 0 radical (unpaired) electrons. The van der Waals surface area contributed by atoms with Crippen molar-refractivity contribution in [3.63, 3.8) is 0 Å². The highest BCUT2D eigenvalue weighted by Crippen LogP contribution is 2.10. The van der Waals surface area contributed by atoms with Crippen LogP contribution in [0.25, 0.3) is 0 Å². The predicted molar refractivity (Wildman–Crippen MR) is 110 cm³/mol. The molecule has 0 saturated heterocycles. The van der Waals surface area contributed by atoms with E-state index in [-0.39, 0.29) is 6.04 Å². The third-order valence-electron chi connectivity index (χ3n) is 4.08. The minimum absolute atomic E-state index is 0.252. The summed E-state index contributed by atoms with van der Waals surface area (Å²) in [6.07, 6.45) is 13.6. The topological polar surface area (TPSA) is 70.6 Å². The van der Waals surface area contributed by atoms with E-state index in [1.54, 1.807) is 6.08 Å². The molecule has 0 spiro atoms. The van der Waals surface area contributed by atoms with Crippen LogP contribution in [0.1, 0.15) is 70.4 Å². The molecule has 146 valence electrons. The number of amides is 2. The molecule has 0 aliphatic heterocycles. The Morgan fingerprint density at radius 1 is 1.07 bits per heavy atom. The summed E-state index contributed by atoms with van der Waals surface area (Å²) >= 11 is 0. The van der Waals surface area contributed by atoms with E-state index in [0.29, 0.717) is 0 Å². The Kier molecular flexibility index (Phi) is 12.0. The van der Waals surface area contributed by atoms with Crippen LogP contribution in [0.5, 0.6) is 0 Å². The molecule has 1 aromatic carbocycles. The van der Waals surface area contributed by atoms with Crippen molar-refractivity contribution in [2.75, 3.05) is 0 Å². The molecular formula is C22H31N3O2. The van der Waals surface area contributed by atoms with Crippen LogP contribution in [0.2, 0.25) is 0 Å². The van der Waals surface area contributed by atoms with Gasteiger partial charge in [-0.1, -0.05) is 69.4 Å². The van der Waals surface area contributed by atoms with Gasteiger partial charge in [0.15, 0.2) is 0 Å². The summed E-state index contributed by atoms with van der Waals surface area (Å²) in [5, 5.41) is 6.35. The van der Waals surface area contributed by atoms with Crippen LogP contribution >= 0.6 is 0 Å². The average Bonchev–Trinajstić information content (AvgIpc) is 2.69. The first-order chi connectivity index (χ1) is 13.1. The average molecular weight is 370 g/mol. The lowest BCUT2D eigenvalue weighted by Gasteiger charge is -2.13. The fraction of sp³-hybridized carbons (Fsp3) is 0.455. The predicted octanol–water partition coefficient (Wildman–Crippen LogP) is 4.43. The van der Waals surface area contributed by atoms with E-state index in [1.807, 2.05) is 43.3 Å². The number of nitrogens with zero attached hydrogens (tertiary/aromatic N) is 1. The van der Waals surface area contributed by atoms with Crippen molar-refractivity contribution in [2.45, 2.75) is 64.8 Å². The Bertz CT molecular complexity index is 647. The highest BCUT2D eigenvalue weighted by atomic mass is 16.2. The molecule has 0 fully saturated rings. The molecule has 0 aliphatic rings. The molecule has 1 rings (SSSR count). The molecule has 0 aliphatic carbocycles. The Labute approximate surface area is 162 Å². The zero-order chi connectivity index (χ0) is 19.7. The maximum atomic E-state index is 11.8. The van der Waals surface area contributed by atoms with Gasteiger partial charge in [0.1, 0.15) is 0 Å². The first-order valence-electron chi connectivity index (χ1n) is 9.73. The summed E-state index contributed by atoms with van der Waals surface area (Å²) in [5.41, 5.74) is 6.13. The number of unbranched alkanes of at least 4 members (excludes halogenated alkanes) is 6. The maximum Gasteiger partial charge on any atom is 0.329 e. The van der Waals surface area contributed by atoms with Crippen molar-refractivity contribution in [2.24, 2.45) is 5.10 Å². The summed E-state index contributed by atoms with van der Waals surface area (Å²) in [5.74, 6) is -1.51. The van der Waals surface area contributed by atoms with Gasteiger partial charge in [0.05, 0.1) is 12.3 Å². The second-order valence-electron chi connectivity index (χ2n) is 6.42. The van der Waals surface area contributed by atoms with Crippen LogP contribution < -0.4 is 10.7 Å². The summed E-state index contributed by atoms with van der Waals surface area (Å²) in [7, 11) is 0. The molecule has 0 bridgehead atoms. The first kappa shape index (κ1) is 22.4. The van der Waals surface area contributed by atoms with Gasteiger partial charge < -0.3 is 5.32 Å². The number of benzene rings is 1. The Hall–Kier alpha value is -2.65. The molecule has 2 amide bonds. The number of hydrogen-bond donors (Lipinski definition) is 2. The lowest BCUT2D eigenvalue weighted by molar-refractivity contribution is -0.139. The smallest absolute Gasteiger partial charge is 0.329 e. The van der Waals surface area contributed by atoms with Crippen molar-refractivity contribution in [3.05, 3.63) is 53.8 Å². The molecule has 1 aromatic rings. The first-order valence-corrected chi connectivity index (χ1v) is 9.73. The highest BCUT2D eigenvalue weighted by molar-refractivity contribution is 6.35. The number of hydrazone groups is 1. The summed E-state index contributed by atoms with van der Waals surface area (Å²) in [4.78, 5) is 23.5. The Morgan fingerprint density at radius 3 is 2.52 bits per heavy atom. The van der Waals surface area contributed by atoms with Gasteiger partial charge in [0.25, 0.3) is 0 Å². The molecule has 0 saturated carbocycles. The van der Waals surface area contributed by atoms with Crippen molar-refractivity contribution in [1.82, 2.24) is 10.7 Å². The van der Waals surface area contributed by atoms with Crippen molar-refractivity contribution in [3.8, 4) is 0 Å². The minimum atomic E-state index is -0.793. The fourth-order valence-corrected chi connectivity index (χ4v) is 2.49. The molecule has 5 heteroatoms. The van der Waals surface area contributed by atoms with E-state index >= 15 is 0 Å². The number of carbonyl (C=O) groups is 2. The van der Waals surface area contributed by atoms with Crippen molar-refractivity contribution >= 4 is 18.0 Å². The van der Waals surface area contributed by atoms with Gasteiger partial charge in [-0.2, -0.15) is 5.10 Å². The van der Waals surface area contributed by atoms with Gasteiger partial charge in [0, 0.05) is 0 Å². The SMILES string of the molecule is CCCCCCCCC=C=C/C=N/NC(=O)C(=O)N[C@@H](C)c1ccccc1. The van der Waals surface area contributed by atoms with Crippen LogP contribution in [0, 0.1) is 0 Å². The molecule has 5 nitrogen and oxygen atoms in total. The van der Waals surface area contributed by atoms with Gasteiger partial charge in [-0.15, -0.1) is 5.73 Å². The molecule has 0 aromatic heterocycles. The van der Waals surface area contributed by atoms with Crippen LogP contribution in [-0.4, -0.2) is 18.0 Å². The third kappa shape index (κ3) is 10.8. The van der Waals surface area contributed by atoms with Crippen LogP contribution in [-0.2, 0) is 9.59 Å². The van der Waals surface area contributed by atoms with E-state index < -0.39 is 11.8 Å². The molecule has 0 unspecified atom stereocenters. The van der Waals surface area contributed by atoms with E-state index in [0.717, 1.165) is 18.4 Å². The quantitative estimate of drug-likeness (QED) is 0.199. The number of hydrogen-bond acceptors (Lipinski definition) is 3. The molecule has 1 atom stereocenters. The summed E-state index contributed by atoms with van der Waals surface area (Å²) in [6.45, 7) is 4.04. The normalized spacial score (nSPS) is 11.5. The largest absolute Gasteiger partial charge is 0.341 e. The van der Waals surface area contributed by atoms with E-state index in [2.05, 4.69) is 28.5 Å². The van der Waals surface area contributed by atoms with Crippen molar-refractivity contribution < 1.29 is 9.59 Å². The second-order valence-corrected chi connectivity index (χ2v) is 6.42. The molecule has 27 heavy (non-hydrogen) atoms. The molecule has 0 heterocycles. The van der Waals surface area contributed by atoms with Crippen LogP contribution in [0.4, 0.5) is 0 Å². The highest BCUT2D eigenvalue weighted by Gasteiger charge is 2.16. The fourth-order valence-electron chi connectivity index (χ4n) is 2.49. The number of nitrogens with one attached hydrogen (secondary N) is 2. The minimum Gasteiger partial charge on any atom is -0.341 e. The Morgan fingerprint density at radius 2 is 1.78 bits per heavy atom. The van der Waals surface area contributed by atoms with Crippen LogP contribution in [0.3, 0.4) is 0 Å². The van der Waals surface area contributed by atoms with Gasteiger partial charge in [-0.3, -0.25) is 9.59 Å². The number of rotatable bonds is 11. The Balaban J connectivity index is 2.20. The molecule has 2 N–H and O–H groups in total. The zero-order valence-electron chi connectivity index (χ0n) is 16.4. The number of allylic oxidation sites excluding steroid dienone is 1. The zero-order valence-corrected chi connectivity index (χ0v) is 16.4. The van der Waals surface area contributed by atoms with Gasteiger partial charge in [0.2, 0.25) is 0 Å². The van der Waals surface area contributed by atoms with Gasteiger partial charge in [-0.25, -0.2) is 5.43 Å². The lowest BCUT2D eigenvalue weighted by Crippen LogP contribution is -2.39. The maximum absolute atomic E-state index is 11.8. The summed E-state index contributed by atoms with van der Waals surface area (Å²) < 4.78 is 0. The third-order valence-corrected chi connectivity index (χ3v) is 4.08. The number of carbonyl (C=O) groups excluding carboxylic acids is 2. The van der Waals surface area contributed by atoms with Crippen LogP contribution in [0.15, 0.2) is 53.3 Å². The standard InChI is InChI=1S/C22H31N3O2/c1-3-4-5-6-7-8-9-10-11-15-18-23-25-22(27)21(26)24-19(2)20-16-13-12-14-17-20/h10,12-19H,3-9H2,1-2H3,(H,24,26)(H,25,27)/b23-18+/t11?,19-/m0/s1. The van der Waals surface area contributed by atoms with Gasteiger partial charge in [-0.05, 0) is 37.5 Å². The monoisotopic (exact) mass is 369 g/mol. The lowest BCUT2D eigenvalue weighted by atomic mass is 10.1. The van der Waals surface area contributed by atoms with E-state index in [9.17, 15) is 9.59 Å². The second kappa shape index (κ2) is 14.5. The van der Waals surface area contributed by atoms with E-state index in [4.69, 9.17) is 0 Å². The van der Waals surface area contributed by atoms with E-state index in [1.165, 1.54) is 38.3 Å².